The lowest BCUT2D eigenvalue weighted by molar-refractivity contribution is -0.135. The van der Waals surface area contributed by atoms with E-state index in [-0.39, 0.29) is 18.4 Å². The first-order valence-electron chi connectivity index (χ1n) is 7.62. The van der Waals surface area contributed by atoms with Gasteiger partial charge in [-0.1, -0.05) is 18.2 Å². The zero-order chi connectivity index (χ0) is 17.7. The Labute approximate surface area is 142 Å². The molecule has 2 aromatic carbocycles. The molecule has 0 radical (unpaired) electrons. The molecule has 5 heteroatoms. The third-order valence-electron chi connectivity index (χ3n) is 3.74. The molecule has 126 valence electrons. The molecule has 2 rings (SSSR count). The van der Waals surface area contributed by atoms with Crippen LogP contribution in [0.2, 0.25) is 0 Å². The van der Waals surface area contributed by atoms with Gasteiger partial charge in [0.05, 0.1) is 13.7 Å². The second-order valence-corrected chi connectivity index (χ2v) is 5.79. The minimum Gasteiger partial charge on any atom is -0.497 e. The van der Waals surface area contributed by atoms with Crippen LogP contribution in [-0.4, -0.2) is 56.4 Å². The molecule has 0 heterocycles. The van der Waals surface area contributed by atoms with Gasteiger partial charge < -0.3 is 14.5 Å². The van der Waals surface area contributed by atoms with Crippen LogP contribution in [-0.2, 0) is 9.59 Å². The molecular weight excluding hydrogens is 304 g/mol. The second-order valence-electron chi connectivity index (χ2n) is 5.79. The Morgan fingerprint density at radius 1 is 1.04 bits per heavy atom. The molecule has 0 aliphatic carbocycles. The Kier molecular flexibility index (Phi) is 5.58. The van der Waals surface area contributed by atoms with Gasteiger partial charge in [-0.3, -0.25) is 9.59 Å². The number of likely N-dealkylation sites (N-methyl/N-ethyl adjacent to an activating group) is 2. The number of nitrogens with zero attached hydrogens (tertiary/aromatic N) is 2. The summed E-state index contributed by atoms with van der Waals surface area (Å²) in [7, 11) is 6.59. The Bertz CT molecular complexity index is 781. The van der Waals surface area contributed by atoms with E-state index in [9.17, 15) is 9.59 Å². The van der Waals surface area contributed by atoms with Crippen molar-refractivity contribution in [2.24, 2.45) is 0 Å². The molecule has 2 aromatic rings. The van der Waals surface area contributed by atoms with Crippen molar-refractivity contribution < 1.29 is 14.3 Å². The quantitative estimate of drug-likeness (QED) is 0.793. The predicted molar refractivity (Wildman–Crippen MR) is 95.9 cm³/mol. The van der Waals surface area contributed by atoms with Gasteiger partial charge >= 0.3 is 0 Å². The number of fused-ring (bicyclic) bond motifs is 1. The lowest BCUT2D eigenvalue weighted by Crippen LogP contribution is -2.36. The molecule has 0 aliphatic rings. The summed E-state index contributed by atoms with van der Waals surface area (Å²) in [5.74, 6) is 0.493. The first-order valence-corrected chi connectivity index (χ1v) is 7.62. The monoisotopic (exact) mass is 326 g/mol. The summed E-state index contributed by atoms with van der Waals surface area (Å²) in [6, 6.07) is 11.8. The van der Waals surface area contributed by atoms with Crippen molar-refractivity contribution in [1.29, 1.82) is 0 Å². The van der Waals surface area contributed by atoms with Gasteiger partial charge in [-0.2, -0.15) is 0 Å². The van der Waals surface area contributed by atoms with Crippen molar-refractivity contribution in [3.63, 3.8) is 0 Å². The molecular formula is C19H22N2O3. The van der Waals surface area contributed by atoms with E-state index in [1.165, 1.54) is 15.9 Å². The smallest absolute Gasteiger partial charge is 0.246 e. The predicted octanol–water partition coefficient (Wildman–Crippen LogP) is 2.41. The van der Waals surface area contributed by atoms with Crippen LogP contribution in [0.1, 0.15) is 5.56 Å². The van der Waals surface area contributed by atoms with E-state index < -0.39 is 0 Å². The Morgan fingerprint density at radius 2 is 1.71 bits per heavy atom. The van der Waals surface area contributed by atoms with Crippen molar-refractivity contribution in [3.05, 3.63) is 48.0 Å². The first-order chi connectivity index (χ1) is 11.4. The van der Waals surface area contributed by atoms with Crippen LogP contribution >= 0.6 is 0 Å². The maximum absolute atomic E-state index is 12.1. The van der Waals surface area contributed by atoms with Crippen LogP contribution in [0.25, 0.3) is 16.8 Å². The van der Waals surface area contributed by atoms with E-state index in [1.54, 1.807) is 34.3 Å². The normalized spacial score (nSPS) is 10.8. The van der Waals surface area contributed by atoms with Crippen molar-refractivity contribution in [3.8, 4) is 5.75 Å². The lowest BCUT2D eigenvalue weighted by atomic mass is 10.1. The largest absolute Gasteiger partial charge is 0.497 e. The van der Waals surface area contributed by atoms with Crippen molar-refractivity contribution in [2.75, 3.05) is 34.8 Å². The van der Waals surface area contributed by atoms with Gasteiger partial charge in [0.15, 0.2) is 0 Å². The number of rotatable bonds is 5. The third-order valence-corrected chi connectivity index (χ3v) is 3.74. The molecule has 2 amide bonds. The van der Waals surface area contributed by atoms with Gasteiger partial charge in [0.25, 0.3) is 0 Å². The molecule has 0 atom stereocenters. The third kappa shape index (κ3) is 4.35. The van der Waals surface area contributed by atoms with E-state index in [1.807, 2.05) is 36.4 Å². The summed E-state index contributed by atoms with van der Waals surface area (Å²) in [6.45, 7) is 0.0632. The van der Waals surface area contributed by atoms with Crippen LogP contribution < -0.4 is 4.74 Å². The Balaban J connectivity index is 2.09. The van der Waals surface area contributed by atoms with E-state index >= 15 is 0 Å². The minimum absolute atomic E-state index is 0.0632. The zero-order valence-corrected chi connectivity index (χ0v) is 14.4. The van der Waals surface area contributed by atoms with Gasteiger partial charge in [0.1, 0.15) is 5.75 Å². The molecule has 0 spiro atoms. The number of carbonyl (C=O) groups excluding carboxylic acids is 2. The summed E-state index contributed by atoms with van der Waals surface area (Å²) in [5, 5.41) is 2.15. The van der Waals surface area contributed by atoms with E-state index in [2.05, 4.69) is 0 Å². The highest BCUT2D eigenvalue weighted by Gasteiger charge is 2.11. The van der Waals surface area contributed by atoms with Crippen molar-refractivity contribution >= 4 is 28.7 Å². The fourth-order valence-electron chi connectivity index (χ4n) is 2.19. The summed E-state index contributed by atoms with van der Waals surface area (Å²) in [6.07, 6.45) is 3.23. The van der Waals surface area contributed by atoms with Crippen molar-refractivity contribution in [2.45, 2.75) is 0 Å². The van der Waals surface area contributed by atoms with E-state index in [0.29, 0.717) is 0 Å². The standard InChI is InChI=1S/C19H22N2O3/c1-20(2)19(23)13-21(3)18(22)10-6-14-5-7-16-12-17(24-4)9-8-15(16)11-14/h5-12H,13H2,1-4H3/b10-6+. The molecule has 0 N–H and O–H groups in total. The maximum atomic E-state index is 12.1. The molecule has 24 heavy (non-hydrogen) atoms. The van der Waals surface area contributed by atoms with Gasteiger partial charge in [-0.15, -0.1) is 0 Å². The van der Waals surface area contributed by atoms with Crippen LogP contribution in [0.5, 0.6) is 5.75 Å². The minimum atomic E-state index is -0.208. The Hall–Kier alpha value is -2.82. The number of hydrogen-bond acceptors (Lipinski definition) is 3. The number of amides is 2. The molecule has 5 nitrogen and oxygen atoms in total. The van der Waals surface area contributed by atoms with Gasteiger partial charge in [0.2, 0.25) is 11.8 Å². The molecule has 0 aliphatic heterocycles. The topological polar surface area (TPSA) is 49.9 Å². The molecule has 0 saturated carbocycles. The average Bonchev–Trinajstić information content (AvgIpc) is 2.58. The zero-order valence-electron chi connectivity index (χ0n) is 14.4. The number of hydrogen-bond donors (Lipinski definition) is 0. The van der Waals surface area contributed by atoms with Crippen LogP contribution in [0.3, 0.4) is 0 Å². The summed E-state index contributed by atoms with van der Waals surface area (Å²) in [5.41, 5.74) is 0.924. The van der Waals surface area contributed by atoms with Crippen molar-refractivity contribution in [1.82, 2.24) is 9.80 Å². The maximum Gasteiger partial charge on any atom is 0.246 e. The molecule has 0 aromatic heterocycles. The summed E-state index contributed by atoms with van der Waals surface area (Å²) >= 11 is 0. The van der Waals surface area contributed by atoms with Crippen LogP contribution in [0, 0.1) is 0 Å². The van der Waals surface area contributed by atoms with Crippen LogP contribution in [0.15, 0.2) is 42.5 Å². The van der Waals surface area contributed by atoms with Gasteiger partial charge in [-0.05, 0) is 40.6 Å². The van der Waals surface area contributed by atoms with Gasteiger partial charge in [0, 0.05) is 27.2 Å². The lowest BCUT2D eigenvalue weighted by Gasteiger charge is -2.17. The summed E-state index contributed by atoms with van der Waals surface area (Å²) < 4.78 is 5.21. The number of ether oxygens (including phenoxy) is 1. The number of carbonyl (C=O) groups is 2. The number of methoxy groups -OCH3 is 1. The second kappa shape index (κ2) is 7.64. The highest BCUT2D eigenvalue weighted by Crippen LogP contribution is 2.22. The highest BCUT2D eigenvalue weighted by molar-refractivity contribution is 5.95. The van der Waals surface area contributed by atoms with Crippen LogP contribution in [0.4, 0.5) is 0 Å². The first kappa shape index (κ1) is 17.5. The number of benzene rings is 2. The fraction of sp³-hybridized carbons (Fsp3) is 0.263. The molecule has 0 fully saturated rings. The molecule has 0 saturated heterocycles. The molecule has 0 bridgehead atoms. The average molecular weight is 326 g/mol. The highest BCUT2D eigenvalue weighted by atomic mass is 16.5. The summed E-state index contributed by atoms with van der Waals surface area (Å²) in [4.78, 5) is 26.6. The van der Waals surface area contributed by atoms with E-state index in [0.717, 1.165) is 22.1 Å². The fourth-order valence-corrected chi connectivity index (χ4v) is 2.19. The Morgan fingerprint density at radius 3 is 2.38 bits per heavy atom. The van der Waals surface area contributed by atoms with Gasteiger partial charge in [-0.25, -0.2) is 0 Å². The van der Waals surface area contributed by atoms with E-state index in [4.69, 9.17) is 4.74 Å². The molecule has 0 unspecified atom stereocenters. The SMILES string of the molecule is COc1ccc2cc(/C=C/C(=O)N(C)CC(=O)N(C)C)ccc2c1.